The fraction of sp³-hybridized carbons (Fsp3) is 0.346. The molecule has 0 aliphatic rings. The van der Waals surface area contributed by atoms with Gasteiger partial charge in [0.25, 0.3) is 5.91 Å². The second kappa shape index (κ2) is 11.1. The predicted octanol–water partition coefficient (Wildman–Crippen LogP) is 6.50. The number of alkyl halides is 3. The van der Waals surface area contributed by atoms with Crippen molar-refractivity contribution in [1.29, 1.82) is 0 Å². The fourth-order valence-corrected chi connectivity index (χ4v) is 3.53. The van der Waals surface area contributed by atoms with E-state index in [0.29, 0.717) is 29.5 Å². The van der Waals surface area contributed by atoms with E-state index in [1.807, 2.05) is 31.2 Å². The van der Waals surface area contributed by atoms with Crippen molar-refractivity contribution >= 4 is 11.9 Å². The molecule has 1 aromatic heterocycles. The predicted molar refractivity (Wildman–Crippen MR) is 127 cm³/mol. The molecule has 3 rings (SSSR count). The van der Waals surface area contributed by atoms with E-state index in [4.69, 9.17) is 0 Å². The molecule has 0 unspecified atom stereocenters. The van der Waals surface area contributed by atoms with Crippen molar-refractivity contribution in [3.63, 3.8) is 0 Å². The number of amides is 1. The van der Waals surface area contributed by atoms with E-state index in [2.05, 4.69) is 34.4 Å². The summed E-state index contributed by atoms with van der Waals surface area (Å²) in [4.78, 5) is 20.7. The van der Waals surface area contributed by atoms with Crippen LogP contribution in [-0.4, -0.2) is 22.4 Å². The van der Waals surface area contributed by atoms with Gasteiger partial charge in [-0.05, 0) is 47.6 Å². The number of aromatic nitrogens is 2. The van der Waals surface area contributed by atoms with Gasteiger partial charge in [0.2, 0.25) is 5.95 Å². The first kappa shape index (κ1) is 25.2. The van der Waals surface area contributed by atoms with Crippen LogP contribution in [0.4, 0.5) is 19.1 Å². The SMILES string of the molecule is CCCNC(=O)c1cnc(N[C@@H](CC(C)C)c2ccc(-c3ccc(C(F)(F)F)cc3)cc2)nc1. The van der Waals surface area contributed by atoms with Crippen molar-refractivity contribution in [2.75, 3.05) is 11.9 Å². The summed E-state index contributed by atoms with van der Waals surface area (Å²) in [7, 11) is 0. The van der Waals surface area contributed by atoms with E-state index < -0.39 is 11.7 Å². The Balaban J connectivity index is 1.74. The van der Waals surface area contributed by atoms with Crippen molar-refractivity contribution in [2.45, 2.75) is 45.8 Å². The van der Waals surface area contributed by atoms with Crippen LogP contribution >= 0.6 is 0 Å². The summed E-state index contributed by atoms with van der Waals surface area (Å²) in [6, 6.07) is 12.8. The van der Waals surface area contributed by atoms with E-state index in [1.165, 1.54) is 24.5 Å². The van der Waals surface area contributed by atoms with Gasteiger partial charge in [-0.1, -0.05) is 57.2 Å². The smallest absolute Gasteiger partial charge is 0.352 e. The molecule has 0 spiro atoms. The maximum atomic E-state index is 12.8. The summed E-state index contributed by atoms with van der Waals surface area (Å²) >= 11 is 0. The zero-order valence-electron chi connectivity index (χ0n) is 19.5. The van der Waals surface area contributed by atoms with E-state index in [9.17, 15) is 18.0 Å². The van der Waals surface area contributed by atoms with Gasteiger partial charge in [-0.3, -0.25) is 4.79 Å². The molecule has 8 heteroatoms. The van der Waals surface area contributed by atoms with Crippen LogP contribution in [0.1, 0.15) is 61.1 Å². The summed E-state index contributed by atoms with van der Waals surface area (Å²) in [5, 5.41) is 6.14. The average molecular weight is 471 g/mol. The van der Waals surface area contributed by atoms with Gasteiger partial charge >= 0.3 is 6.18 Å². The summed E-state index contributed by atoms with van der Waals surface area (Å²) < 4.78 is 38.5. The Kier molecular flexibility index (Phi) is 8.26. The van der Waals surface area contributed by atoms with Crippen molar-refractivity contribution in [3.8, 4) is 11.1 Å². The van der Waals surface area contributed by atoms with Gasteiger partial charge in [0.15, 0.2) is 0 Å². The van der Waals surface area contributed by atoms with Gasteiger partial charge in [-0.15, -0.1) is 0 Å². The van der Waals surface area contributed by atoms with Gasteiger partial charge in [-0.2, -0.15) is 13.2 Å². The van der Waals surface area contributed by atoms with Crippen LogP contribution in [0.5, 0.6) is 0 Å². The minimum atomic E-state index is -4.35. The summed E-state index contributed by atoms with van der Waals surface area (Å²) in [5.74, 6) is 0.613. The van der Waals surface area contributed by atoms with E-state index >= 15 is 0 Å². The van der Waals surface area contributed by atoms with Gasteiger partial charge in [0.1, 0.15) is 0 Å². The first-order valence-electron chi connectivity index (χ1n) is 11.3. The Morgan fingerprint density at radius 2 is 1.50 bits per heavy atom. The molecule has 1 amide bonds. The number of carbonyl (C=O) groups excluding carboxylic acids is 1. The zero-order valence-corrected chi connectivity index (χ0v) is 19.5. The first-order chi connectivity index (χ1) is 16.2. The minimum absolute atomic E-state index is 0.0681. The lowest BCUT2D eigenvalue weighted by Crippen LogP contribution is -2.24. The number of carbonyl (C=O) groups is 1. The lowest BCUT2D eigenvalue weighted by atomic mass is 9.95. The highest BCUT2D eigenvalue weighted by molar-refractivity contribution is 5.93. The van der Waals surface area contributed by atoms with Crippen LogP contribution in [-0.2, 0) is 6.18 Å². The third kappa shape index (κ3) is 6.79. The number of rotatable bonds is 9. The van der Waals surface area contributed by atoms with Gasteiger partial charge in [-0.25, -0.2) is 9.97 Å². The number of nitrogens with zero attached hydrogens (tertiary/aromatic N) is 2. The minimum Gasteiger partial charge on any atom is -0.352 e. The molecule has 1 heterocycles. The van der Waals surface area contributed by atoms with Crippen LogP contribution < -0.4 is 10.6 Å². The van der Waals surface area contributed by atoms with Crippen LogP contribution in [0, 0.1) is 5.92 Å². The molecule has 34 heavy (non-hydrogen) atoms. The summed E-state index contributed by atoms with van der Waals surface area (Å²) in [6.45, 7) is 6.81. The largest absolute Gasteiger partial charge is 0.416 e. The number of halogens is 3. The highest BCUT2D eigenvalue weighted by atomic mass is 19.4. The topological polar surface area (TPSA) is 66.9 Å². The molecule has 3 aromatic rings. The quantitative estimate of drug-likeness (QED) is 0.375. The average Bonchev–Trinajstić information content (AvgIpc) is 2.82. The Labute approximate surface area is 197 Å². The Morgan fingerprint density at radius 1 is 0.941 bits per heavy atom. The van der Waals surface area contributed by atoms with Gasteiger partial charge < -0.3 is 10.6 Å². The molecule has 2 aromatic carbocycles. The zero-order chi connectivity index (χ0) is 24.7. The molecule has 0 saturated carbocycles. The third-order valence-electron chi connectivity index (χ3n) is 5.32. The monoisotopic (exact) mass is 470 g/mol. The highest BCUT2D eigenvalue weighted by Gasteiger charge is 2.30. The van der Waals surface area contributed by atoms with E-state index in [0.717, 1.165) is 36.1 Å². The van der Waals surface area contributed by atoms with Crippen LogP contribution in [0.3, 0.4) is 0 Å². The molecule has 0 aliphatic heterocycles. The van der Waals surface area contributed by atoms with E-state index in [1.54, 1.807) is 0 Å². The molecule has 0 fully saturated rings. The van der Waals surface area contributed by atoms with Crippen LogP contribution in [0.25, 0.3) is 11.1 Å². The van der Waals surface area contributed by atoms with Crippen LogP contribution in [0.2, 0.25) is 0 Å². The summed E-state index contributed by atoms with van der Waals surface area (Å²) in [6.07, 6.45) is 0.321. The molecule has 1 atom stereocenters. The second-order valence-electron chi connectivity index (χ2n) is 8.57. The van der Waals surface area contributed by atoms with E-state index in [-0.39, 0.29) is 11.9 Å². The molecule has 0 radical (unpaired) electrons. The van der Waals surface area contributed by atoms with Crippen LogP contribution in [0.15, 0.2) is 60.9 Å². The number of benzene rings is 2. The number of nitrogens with one attached hydrogen (secondary N) is 2. The van der Waals surface area contributed by atoms with Crippen molar-refractivity contribution in [3.05, 3.63) is 77.6 Å². The first-order valence-corrected chi connectivity index (χ1v) is 11.3. The number of hydrogen-bond donors (Lipinski definition) is 2. The lowest BCUT2D eigenvalue weighted by Gasteiger charge is -2.21. The summed E-state index contributed by atoms with van der Waals surface area (Å²) in [5.41, 5.74) is 2.30. The lowest BCUT2D eigenvalue weighted by molar-refractivity contribution is -0.137. The van der Waals surface area contributed by atoms with Crippen molar-refractivity contribution in [2.24, 2.45) is 5.92 Å². The number of hydrogen-bond acceptors (Lipinski definition) is 4. The Hall–Kier alpha value is -3.42. The number of anilines is 1. The second-order valence-corrected chi connectivity index (χ2v) is 8.57. The van der Waals surface area contributed by atoms with Gasteiger partial charge in [0, 0.05) is 18.9 Å². The molecule has 0 aliphatic carbocycles. The molecule has 0 saturated heterocycles. The Bertz CT molecular complexity index is 1060. The molecule has 0 bridgehead atoms. The molecule has 5 nitrogen and oxygen atoms in total. The molecular formula is C26H29F3N4O. The van der Waals surface area contributed by atoms with Crippen molar-refractivity contribution in [1.82, 2.24) is 15.3 Å². The third-order valence-corrected chi connectivity index (χ3v) is 5.32. The molecule has 2 N–H and O–H groups in total. The highest BCUT2D eigenvalue weighted by Crippen LogP contribution is 2.32. The molecule has 180 valence electrons. The fourth-order valence-electron chi connectivity index (χ4n) is 3.53. The standard InChI is InChI=1S/C26H29F3N4O/c1-4-13-30-24(34)21-15-31-25(32-16-21)33-23(14-17(2)3)20-7-5-18(6-8-20)19-9-11-22(12-10-19)26(27,28)29/h5-12,15-17,23H,4,13-14H2,1-3H3,(H,30,34)(H,31,32,33)/t23-/m0/s1. The maximum Gasteiger partial charge on any atom is 0.416 e. The van der Waals surface area contributed by atoms with Gasteiger partial charge in [0.05, 0.1) is 17.2 Å². The van der Waals surface area contributed by atoms with Crippen molar-refractivity contribution < 1.29 is 18.0 Å². The maximum absolute atomic E-state index is 12.8. The Morgan fingerprint density at radius 3 is 2.00 bits per heavy atom. The molecular weight excluding hydrogens is 441 g/mol. The normalized spacial score (nSPS) is 12.4.